The van der Waals surface area contributed by atoms with Gasteiger partial charge in [-0.3, -0.25) is 4.79 Å². The lowest BCUT2D eigenvalue weighted by atomic mass is 10.2. The van der Waals surface area contributed by atoms with Crippen LogP contribution in [-0.2, 0) is 4.74 Å². The van der Waals surface area contributed by atoms with Gasteiger partial charge < -0.3 is 15.8 Å². The Bertz CT molecular complexity index is 348. The van der Waals surface area contributed by atoms with Crippen LogP contribution in [0.3, 0.4) is 0 Å². The normalized spacial score (nSPS) is 20.4. The molecule has 82 valence electrons. The summed E-state index contributed by atoms with van der Waals surface area (Å²) in [6.07, 6.45) is 2.20. The van der Waals surface area contributed by atoms with Gasteiger partial charge in [0.05, 0.1) is 6.10 Å². The van der Waals surface area contributed by atoms with Crippen LogP contribution < -0.4 is 11.1 Å². The Kier molecular flexibility index (Phi) is 3.12. The lowest BCUT2D eigenvalue weighted by Gasteiger charge is -2.08. The summed E-state index contributed by atoms with van der Waals surface area (Å²) in [5.74, 6) is -0.236. The van der Waals surface area contributed by atoms with Gasteiger partial charge in [-0.1, -0.05) is 11.3 Å². The number of carbonyl (C=O) groups excluding carboxylic acids is 1. The molecule has 6 nitrogen and oxygen atoms in total. The Morgan fingerprint density at radius 3 is 3.13 bits per heavy atom. The molecule has 15 heavy (non-hydrogen) atoms. The van der Waals surface area contributed by atoms with E-state index in [1.807, 2.05) is 0 Å². The average molecular weight is 228 g/mol. The molecule has 1 fully saturated rings. The van der Waals surface area contributed by atoms with Crippen molar-refractivity contribution in [3.05, 3.63) is 5.01 Å². The molecule has 7 heteroatoms. The van der Waals surface area contributed by atoms with Gasteiger partial charge in [0.1, 0.15) is 0 Å². The average Bonchev–Trinajstić information content (AvgIpc) is 2.84. The van der Waals surface area contributed by atoms with Crippen LogP contribution >= 0.6 is 11.3 Å². The zero-order chi connectivity index (χ0) is 10.7. The van der Waals surface area contributed by atoms with Gasteiger partial charge in [-0.05, 0) is 12.8 Å². The zero-order valence-electron chi connectivity index (χ0n) is 8.10. The molecule has 1 aliphatic heterocycles. The van der Waals surface area contributed by atoms with E-state index in [1.54, 1.807) is 0 Å². The van der Waals surface area contributed by atoms with Crippen LogP contribution in [0, 0.1) is 0 Å². The minimum atomic E-state index is -0.236. The summed E-state index contributed by atoms with van der Waals surface area (Å²) in [5, 5.41) is 10.6. The number of nitrogen functional groups attached to an aromatic ring is 1. The topological polar surface area (TPSA) is 90.1 Å². The highest BCUT2D eigenvalue weighted by molar-refractivity contribution is 7.16. The van der Waals surface area contributed by atoms with E-state index in [4.69, 9.17) is 10.5 Å². The Labute approximate surface area is 90.8 Å². The SMILES string of the molecule is Nc1nnc(C(=O)NCC2CCCO2)s1. The molecule has 3 N–H and O–H groups in total. The van der Waals surface area contributed by atoms with Gasteiger partial charge in [-0.15, -0.1) is 10.2 Å². The summed E-state index contributed by atoms with van der Waals surface area (Å²) in [6.45, 7) is 1.31. The van der Waals surface area contributed by atoms with Gasteiger partial charge in [0, 0.05) is 13.2 Å². The van der Waals surface area contributed by atoms with E-state index in [1.165, 1.54) is 0 Å². The molecule has 1 unspecified atom stereocenters. The fraction of sp³-hybridized carbons (Fsp3) is 0.625. The number of nitrogens with two attached hydrogens (primary N) is 1. The lowest BCUT2D eigenvalue weighted by Crippen LogP contribution is -2.31. The Hall–Kier alpha value is -1.21. The first-order chi connectivity index (χ1) is 7.25. The van der Waals surface area contributed by atoms with Crippen LogP contribution in [0.25, 0.3) is 0 Å². The summed E-state index contributed by atoms with van der Waals surface area (Å²) in [7, 11) is 0. The molecule has 1 atom stereocenters. The number of anilines is 1. The van der Waals surface area contributed by atoms with Crippen LogP contribution in [0.5, 0.6) is 0 Å². The Balaban J connectivity index is 1.81. The van der Waals surface area contributed by atoms with E-state index in [0.29, 0.717) is 16.7 Å². The van der Waals surface area contributed by atoms with Gasteiger partial charge in [0.15, 0.2) is 0 Å². The highest BCUT2D eigenvalue weighted by Crippen LogP contribution is 2.12. The van der Waals surface area contributed by atoms with Gasteiger partial charge in [-0.25, -0.2) is 0 Å². The van der Waals surface area contributed by atoms with Crippen molar-refractivity contribution in [1.82, 2.24) is 15.5 Å². The van der Waals surface area contributed by atoms with E-state index in [0.717, 1.165) is 30.8 Å². The minimum Gasteiger partial charge on any atom is -0.376 e. The summed E-state index contributed by atoms with van der Waals surface area (Å²) in [6, 6.07) is 0. The number of hydrogen-bond donors (Lipinski definition) is 2. The summed E-state index contributed by atoms with van der Waals surface area (Å²) in [4.78, 5) is 11.5. The van der Waals surface area contributed by atoms with Crippen LogP contribution in [0.15, 0.2) is 0 Å². The maximum absolute atomic E-state index is 11.5. The summed E-state index contributed by atoms with van der Waals surface area (Å²) < 4.78 is 5.37. The van der Waals surface area contributed by atoms with Crippen molar-refractivity contribution in [2.45, 2.75) is 18.9 Å². The summed E-state index contributed by atoms with van der Waals surface area (Å²) >= 11 is 1.08. The predicted molar refractivity (Wildman–Crippen MR) is 55.6 cm³/mol. The molecule has 1 aromatic heterocycles. The first kappa shape index (κ1) is 10.3. The second-order valence-corrected chi connectivity index (χ2v) is 4.30. The van der Waals surface area contributed by atoms with E-state index in [9.17, 15) is 4.79 Å². The van der Waals surface area contributed by atoms with Crippen molar-refractivity contribution in [2.75, 3.05) is 18.9 Å². The second kappa shape index (κ2) is 4.54. The maximum Gasteiger partial charge on any atom is 0.282 e. The smallest absolute Gasteiger partial charge is 0.282 e. The fourth-order valence-corrected chi connectivity index (χ4v) is 1.94. The van der Waals surface area contributed by atoms with E-state index >= 15 is 0 Å². The van der Waals surface area contributed by atoms with Crippen molar-refractivity contribution in [3.8, 4) is 0 Å². The molecule has 1 aromatic rings. The van der Waals surface area contributed by atoms with E-state index in [2.05, 4.69) is 15.5 Å². The lowest BCUT2D eigenvalue weighted by molar-refractivity contribution is 0.0857. The van der Waals surface area contributed by atoms with E-state index < -0.39 is 0 Å². The third-order valence-corrected chi connectivity index (χ3v) is 2.90. The zero-order valence-corrected chi connectivity index (χ0v) is 8.92. The van der Waals surface area contributed by atoms with Crippen molar-refractivity contribution in [3.63, 3.8) is 0 Å². The van der Waals surface area contributed by atoms with Crippen LogP contribution in [-0.4, -0.2) is 35.4 Å². The second-order valence-electron chi connectivity index (χ2n) is 3.29. The molecule has 0 bridgehead atoms. The third kappa shape index (κ3) is 2.63. The summed E-state index contributed by atoms with van der Waals surface area (Å²) in [5.41, 5.74) is 5.37. The number of nitrogens with one attached hydrogen (secondary N) is 1. The molecule has 0 spiro atoms. The Morgan fingerprint density at radius 1 is 1.67 bits per heavy atom. The minimum absolute atomic E-state index is 0.138. The molecule has 1 aliphatic rings. The molecule has 2 heterocycles. The molecular weight excluding hydrogens is 216 g/mol. The van der Waals surface area contributed by atoms with Gasteiger partial charge in [-0.2, -0.15) is 0 Å². The molecule has 2 rings (SSSR count). The van der Waals surface area contributed by atoms with Crippen LogP contribution in [0.2, 0.25) is 0 Å². The molecule has 0 aromatic carbocycles. The third-order valence-electron chi connectivity index (χ3n) is 2.15. The molecule has 0 aliphatic carbocycles. The van der Waals surface area contributed by atoms with Crippen molar-refractivity contribution < 1.29 is 9.53 Å². The fourth-order valence-electron chi connectivity index (χ4n) is 1.41. The molecule has 1 amide bonds. The van der Waals surface area contributed by atoms with Crippen molar-refractivity contribution in [2.24, 2.45) is 0 Å². The van der Waals surface area contributed by atoms with Gasteiger partial charge >= 0.3 is 0 Å². The first-order valence-corrected chi connectivity index (χ1v) is 5.56. The first-order valence-electron chi connectivity index (χ1n) is 4.74. The number of amides is 1. The number of hydrogen-bond acceptors (Lipinski definition) is 6. The van der Waals surface area contributed by atoms with Crippen molar-refractivity contribution in [1.29, 1.82) is 0 Å². The Morgan fingerprint density at radius 2 is 2.53 bits per heavy atom. The number of ether oxygens (including phenoxy) is 1. The quantitative estimate of drug-likeness (QED) is 0.761. The predicted octanol–water partition coefficient (Wildman–Crippen LogP) is 0.0291. The number of nitrogens with zero attached hydrogens (tertiary/aromatic N) is 2. The van der Waals surface area contributed by atoms with Crippen LogP contribution in [0.4, 0.5) is 5.13 Å². The van der Waals surface area contributed by atoms with Crippen LogP contribution in [0.1, 0.15) is 22.6 Å². The molecule has 0 saturated carbocycles. The maximum atomic E-state index is 11.5. The molecular formula is C8H12N4O2S. The highest BCUT2D eigenvalue weighted by atomic mass is 32.1. The number of aromatic nitrogens is 2. The van der Waals surface area contributed by atoms with E-state index in [-0.39, 0.29) is 12.0 Å². The van der Waals surface area contributed by atoms with Crippen molar-refractivity contribution >= 4 is 22.4 Å². The monoisotopic (exact) mass is 228 g/mol. The number of carbonyl (C=O) groups is 1. The van der Waals surface area contributed by atoms with Gasteiger partial charge in [0.2, 0.25) is 10.1 Å². The number of rotatable bonds is 3. The largest absolute Gasteiger partial charge is 0.376 e. The molecule has 1 saturated heterocycles. The molecule has 0 radical (unpaired) electrons. The van der Waals surface area contributed by atoms with Gasteiger partial charge in [0.25, 0.3) is 5.91 Å². The highest BCUT2D eigenvalue weighted by Gasteiger charge is 2.18. The standard InChI is InChI=1S/C8H12N4O2S/c9-8-12-11-7(15-8)6(13)10-4-5-2-1-3-14-5/h5H,1-4H2,(H2,9,12)(H,10,13).